The van der Waals surface area contributed by atoms with Gasteiger partial charge in [0.2, 0.25) is 0 Å². The highest BCUT2D eigenvalue weighted by molar-refractivity contribution is 6.36. The highest BCUT2D eigenvalue weighted by atomic mass is 16.5. The number of esters is 1. The minimum atomic E-state index is -0.689. The van der Waals surface area contributed by atoms with Crippen LogP contribution < -0.4 is 0 Å². The molecule has 1 aliphatic heterocycles. The molecule has 0 spiro atoms. The van der Waals surface area contributed by atoms with E-state index in [9.17, 15) is 14.7 Å². The molecule has 2 heterocycles. The fraction of sp³-hybridized carbons (Fsp3) is 0.150. The van der Waals surface area contributed by atoms with Gasteiger partial charge in [-0.3, -0.25) is 9.78 Å². The molecule has 7 nitrogen and oxygen atoms in total. The first-order valence-electron chi connectivity index (χ1n) is 8.31. The number of nitrogens with zero attached hydrogens (tertiary/aromatic N) is 3. The third-order valence-electron chi connectivity index (χ3n) is 3.83. The quantitative estimate of drug-likeness (QED) is 0.511. The molecule has 1 aromatic heterocycles. The Morgan fingerprint density at radius 3 is 2.52 bits per heavy atom. The lowest BCUT2D eigenvalue weighted by molar-refractivity contribution is -0.138. The zero-order valence-electron chi connectivity index (χ0n) is 14.8. The molecule has 0 saturated carbocycles. The highest BCUT2D eigenvalue weighted by Crippen LogP contribution is 2.25. The molecule has 27 heavy (non-hydrogen) atoms. The number of ether oxygens (including phenoxy) is 1. The summed E-state index contributed by atoms with van der Waals surface area (Å²) in [6.45, 7) is 3.21. The summed E-state index contributed by atoms with van der Waals surface area (Å²) in [4.78, 5) is 37.0. The van der Waals surface area contributed by atoms with Crippen LogP contribution in [-0.2, 0) is 9.53 Å². The van der Waals surface area contributed by atoms with E-state index in [0.29, 0.717) is 16.7 Å². The van der Waals surface area contributed by atoms with E-state index in [1.54, 1.807) is 49.5 Å². The Bertz CT molecular complexity index is 987. The van der Waals surface area contributed by atoms with Gasteiger partial charge in [0.25, 0.3) is 5.91 Å². The summed E-state index contributed by atoms with van der Waals surface area (Å²) < 4.78 is 5.03. The van der Waals surface area contributed by atoms with Gasteiger partial charge in [0.15, 0.2) is 5.84 Å². The molecule has 0 saturated heterocycles. The summed E-state index contributed by atoms with van der Waals surface area (Å²) in [6, 6.07) is 10.3. The predicted molar refractivity (Wildman–Crippen MR) is 100 cm³/mol. The molecule has 0 atom stereocenters. The van der Waals surface area contributed by atoms with Gasteiger partial charge in [0.05, 0.1) is 17.9 Å². The molecule has 136 valence electrons. The summed E-state index contributed by atoms with van der Waals surface area (Å²) in [7, 11) is 0. The Kier molecular flexibility index (Phi) is 5.21. The van der Waals surface area contributed by atoms with Crippen LogP contribution in [-0.4, -0.2) is 40.1 Å². The number of aromatic nitrogens is 1. The molecule has 1 aromatic carbocycles. The van der Waals surface area contributed by atoms with Crippen LogP contribution in [0.4, 0.5) is 0 Å². The Morgan fingerprint density at radius 1 is 1.15 bits per heavy atom. The van der Waals surface area contributed by atoms with Gasteiger partial charge in [0.1, 0.15) is 11.3 Å². The number of benzene rings is 1. The van der Waals surface area contributed by atoms with Crippen LogP contribution >= 0.6 is 0 Å². The van der Waals surface area contributed by atoms with Crippen molar-refractivity contribution in [3.05, 3.63) is 76.8 Å². The van der Waals surface area contributed by atoms with Crippen LogP contribution in [0.3, 0.4) is 0 Å². The summed E-state index contributed by atoms with van der Waals surface area (Å²) in [5.41, 5.74) is 1.68. The summed E-state index contributed by atoms with van der Waals surface area (Å²) >= 11 is 0. The summed E-state index contributed by atoms with van der Waals surface area (Å²) in [5.74, 6) is -1.24. The van der Waals surface area contributed by atoms with Gasteiger partial charge in [-0.15, -0.1) is 0 Å². The lowest BCUT2D eigenvalue weighted by atomic mass is 9.99. The topological polar surface area (TPSA) is 101 Å². The third-order valence-corrected chi connectivity index (χ3v) is 3.83. The fourth-order valence-electron chi connectivity index (χ4n) is 2.66. The van der Waals surface area contributed by atoms with Crippen molar-refractivity contribution in [2.45, 2.75) is 13.8 Å². The second kappa shape index (κ2) is 7.74. The first kappa shape index (κ1) is 18.2. The molecule has 0 unspecified atom stereocenters. The van der Waals surface area contributed by atoms with Crippen LogP contribution in [0, 0.1) is 0 Å². The molecule has 0 aliphatic carbocycles. The monoisotopic (exact) mass is 363 g/mol. The highest BCUT2D eigenvalue weighted by Gasteiger charge is 2.30. The van der Waals surface area contributed by atoms with Gasteiger partial charge in [-0.05, 0) is 26.0 Å². The number of amidine groups is 1. The normalized spacial score (nSPS) is 15.0. The SMILES string of the molecule is CCOC(=O)/C(C1=NC(=NC(=O)c2cccnc2)c2ccccc21)=C(\C)O. The molecule has 1 N–H and O–H groups in total. The van der Waals surface area contributed by atoms with Crippen LogP contribution in [0.5, 0.6) is 0 Å². The van der Waals surface area contributed by atoms with Crippen molar-refractivity contribution in [2.24, 2.45) is 9.98 Å². The average molecular weight is 363 g/mol. The second-order valence-corrected chi connectivity index (χ2v) is 5.67. The van der Waals surface area contributed by atoms with E-state index in [1.807, 2.05) is 0 Å². The Balaban J connectivity index is 2.10. The van der Waals surface area contributed by atoms with E-state index in [2.05, 4.69) is 15.0 Å². The van der Waals surface area contributed by atoms with E-state index in [1.165, 1.54) is 13.1 Å². The lowest BCUT2D eigenvalue weighted by Crippen LogP contribution is -2.18. The average Bonchev–Trinajstić information content (AvgIpc) is 3.01. The maximum atomic E-state index is 12.4. The van der Waals surface area contributed by atoms with Crippen molar-refractivity contribution in [3.63, 3.8) is 0 Å². The lowest BCUT2D eigenvalue weighted by Gasteiger charge is -2.08. The number of aliphatic imine (C=N–C) groups is 2. The number of aliphatic hydroxyl groups excluding tert-OH is 1. The summed E-state index contributed by atoms with van der Waals surface area (Å²) in [5, 5.41) is 10.0. The zero-order valence-corrected chi connectivity index (χ0v) is 14.8. The number of pyridine rings is 1. The van der Waals surface area contributed by atoms with Gasteiger partial charge in [-0.25, -0.2) is 9.79 Å². The van der Waals surface area contributed by atoms with Crippen molar-refractivity contribution >= 4 is 23.4 Å². The van der Waals surface area contributed by atoms with E-state index in [0.717, 1.165) is 0 Å². The van der Waals surface area contributed by atoms with E-state index in [-0.39, 0.29) is 29.5 Å². The minimum absolute atomic E-state index is 0.0525. The molecule has 0 radical (unpaired) electrons. The van der Waals surface area contributed by atoms with Gasteiger partial charge in [-0.1, -0.05) is 24.3 Å². The van der Waals surface area contributed by atoms with Crippen molar-refractivity contribution in [1.82, 2.24) is 4.98 Å². The maximum Gasteiger partial charge on any atom is 0.343 e. The van der Waals surface area contributed by atoms with Crippen LogP contribution in [0.2, 0.25) is 0 Å². The fourth-order valence-corrected chi connectivity index (χ4v) is 2.66. The standard InChI is InChI=1S/C20H17N3O4/c1-3-27-20(26)16(12(2)24)17-14-8-4-5-9-15(14)18(22-17)23-19(25)13-7-6-10-21-11-13/h4-11,24H,3H2,1-2H3/b16-12+,23-18?. The number of carbonyl (C=O) groups excluding carboxylic acids is 2. The van der Waals surface area contributed by atoms with E-state index < -0.39 is 11.9 Å². The molecule has 7 heteroatoms. The van der Waals surface area contributed by atoms with Crippen LogP contribution in [0.1, 0.15) is 35.3 Å². The number of hydrogen-bond donors (Lipinski definition) is 1. The number of aliphatic hydroxyl groups is 1. The van der Waals surface area contributed by atoms with Crippen molar-refractivity contribution < 1.29 is 19.4 Å². The number of fused-ring (bicyclic) bond motifs is 1. The largest absolute Gasteiger partial charge is 0.512 e. The molecular formula is C20H17N3O4. The maximum absolute atomic E-state index is 12.4. The Hall–Kier alpha value is -3.61. The Labute approximate surface area is 155 Å². The van der Waals surface area contributed by atoms with Crippen molar-refractivity contribution in [2.75, 3.05) is 6.61 Å². The van der Waals surface area contributed by atoms with Gasteiger partial charge in [-0.2, -0.15) is 4.99 Å². The predicted octanol–water partition coefficient (Wildman–Crippen LogP) is 2.87. The molecular weight excluding hydrogens is 346 g/mol. The Morgan fingerprint density at radius 2 is 1.89 bits per heavy atom. The number of allylic oxidation sites excluding steroid dienone is 1. The number of rotatable bonds is 4. The first-order chi connectivity index (χ1) is 13.0. The van der Waals surface area contributed by atoms with E-state index in [4.69, 9.17) is 4.74 Å². The molecule has 0 fully saturated rings. The van der Waals surface area contributed by atoms with Crippen LogP contribution in [0.15, 0.2) is 70.1 Å². The van der Waals surface area contributed by atoms with E-state index >= 15 is 0 Å². The molecule has 0 bridgehead atoms. The second-order valence-electron chi connectivity index (χ2n) is 5.67. The smallest absolute Gasteiger partial charge is 0.343 e. The summed E-state index contributed by atoms with van der Waals surface area (Å²) in [6.07, 6.45) is 2.98. The van der Waals surface area contributed by atoms with Crippen LogP contribution in [0.25, 0.3) is 0 Å². The number of hydrogen-bond acceptors (Lipinski definition) is 5. The molecule has 1 aliphatic rings. The molecule has 3 rings (SSSR count). The van der Waals surface area contributed by atoms with Crippen molar-refractivity contribution in [3.8, 4) is 0 Å². The minimum Gasteiger partial charge on any atom is -0.512 e. The number of amides is 1. The first-order valence-corrected chi connectivity index (χ1v) is 8.31. The third kappa shape index (κ3) is 3.67. The van der Waals surface area contributed by atoms with Gasteiger partial charge >= 0.3 is 5.97 Å². The number of carbonyl (C=O) groups is 2. The van der Waals surface area contributed by atoms with Gasteiger partial charge < -0.3 is 9.84 Å². The zero-order chi connectivity index (χ0) is 19.4. The van der Waals surface area contributed by atoms with Gasteiger partial charge in [0, 0.05) is 23.5 Å². The molecule has 1 amide bonds. The molecule has 2 aromatic rings. The van der Waals surface area contributed by atoms with Crippen molar-refractivity contribution in [1.29, 1.82) is 0 Å².